The Kier molecular flexibility index (Phi) is 4.46. The number of aryl methyl sites for hydroxylation is 2. The highest BCUT2D eigenvalue weighted by Crippen LogP contribution is 2.37. The van der Waals surface area contributed by atoms with Crippen molar-refractivity contribution < 1.29 is 4.74 Å². The van der Waals surface area contributed by atoms with Crippen LogP contribution in [0.25, 0.3) is 0 Å². The summed E-state index contributed by atoms with van der Waals surface area (Å²) in [5.74, 6) is 0.930. The first-order valence-corrected chi connectivity index (χ1v) is 7.78. The molecule has 0 saturated carbocycles. The Morgan fingerprint density at radius 3 is 2.39 bits per heavy atom. The SMILES string of the molecule is CCOc1ccc(C(Br)c2cc(C)sc2C)cc1. The first kappa shape index (κ1) is 13.6. The normalized spacial score (nSPS) is 12.4. The van der Waals surface area contributed by atoms with E-state index in [0.29, 0.717) is 6.61 Å². The van der Waals surface area contributed by atoms with E-state index in [1.54, 1.807) is 0 Å². The summed E-state index contributed by atoms with van der Waals surface area (Å²) in [5, 5.41) is 0. The summed E-state index contributed by atoms with van der Waals surface area (Å²) in [4.78, 5) is 3.00. The van der Waals surface area contributed by atoms with Crippen LogP contribution in [0.4, 0.5) is 0 Å². The Labute approximate surface area is 121 Å². The molecule has 0 N–H and O–H groups in total. The highest BCUT2D eigenvalue weighted by Gasteiger charge is 2.14. The summed E-state index contributed by atoms with van der Waals surface area (Å²) in [6, 6.07) is 10.6. The van der Waals surface area contributed by atoms with Gasteiger partial charge >= 0.3 is 0 Å². The van der Waals surface area contributed by atoms with Gasteiger partial charge in [-0.1, -0.05) is 28.1 Å². The molecule has 1 aromatic carbocycles. The van der Waals surface area contributed by atoms with E-state index in [-0.39, 0.29) is 4.83 Å². The minimum Gasteiger partial charge on any atom is -0.494 e. The van der Waals surface area contributed by atoms with Gasteiger partial charge in [-0.05, 0) is 50.1 Å². The van der Waals surface area contributed by atoms with Crippen molar-refractivity contribution in [2.24, 2.45) is 0 Å². The predicted molar refractivity (Wildman–Crippen MR) is 82.2 cm³/mol. The van der Waals surface area contributed by atoms with Gasteiger partial charge in [-0.15, -0.1) is 11.3 Å². The van der Waals surface area contributed by atoms with Gasteiger partial charge in [-0.2, -0.15) is 0 Å². The van der Waals surface area contributed by atoms with E-state index in [1.807, 2.05) is 30.4 Å². The molecule has 0 aliphatic heterocycles. The molecule has 3 heteroatoms. The van der Waals surface area contributed by atoms with Gasteiger partial charge in [0.15, 0.2) is 0 Å². The topological polar surface area (TPSA) is 9.23 Å². The van der Waals surface area contributed by atoms with E-state index in [1.165, 1.54) is 20.9 Å². The van der Waals surface area contributed by atoms with Gasteiger partial charge in [0.05, 0.1) is 11.4 Å². The smallest absolute Gasteiger partial charge is 0.119 e. The first-order chi connectivity index (χ1) is 8.61. The lowest BCUT2D eigenvalue weighted by Crippen LogP contribution is -1.94. The van der Waals surface area contributed by atoms with Gasteiger partial charge in [0.1, 0.15) is 5.75 Å². The average Bonchev–Trinajstić information content (AvgIpc) is 2.69. The van der Waals surface area contributed by atoms with Crippen LogP contribution in [0.2, 0.25) is 0 Å². The van der Waals surface area contributed by atoms with Crippen LogP contribution in [0, 0.1) is 13.8 Å². The van der Waals surface area contributed by atoms with Crippen LogP contribution in [0.5, 0.6) is 5.75 Å². The Hall–Kier alpha value is -0.800. The maximum atomic E-state index is 5.46. The van der Waals surface area contributed by atoms with Crippen LogP contribution < -0.4 is 4.74 Å². The summed E-state index contributed by atoms with van der Waals surface area (Å²) in [7, 11) is 0. The fraction of sp³-hybridized carbons (Fsp3) is 0.333. The second kappa shape index (κ2) is 5.89. The Bertz CT molecular complexity index is 516. The van der Waals surface area contributed by atoms with Gasteiger partial charge in [0.25, 0.3) is 0 Å². The molecule has 1 nitrogen and oxygen atoms in total. The lowest BCUT2D eigenvalue weighted by molar-refractivity contribution is 0.340. The fourth-order valence-corrected chi connectivity index (χ4v) is 3.88. The van der Waals surface area contributed by atoms with E-state index in [9.17, 15) is 0 Å². The van der Waals surface area contributed by atoms with Crippen molar-refractivity contribution >= 4 is 27.3 Å². The molecule has 2 aromatic rings. The molecule has 0 radical (unpaired) electrons. The van der Waals surface area contributed by atoms with Crippen LogP contribution in [-0.2, 0) is 0 Å². The number of ether oxygens (including phenoxy) is 1. The molecule has 0 spiro atoms. The Morgan fingerprint density at radius 2 is 1.89 bits per heavy atom. The number of alkyl halides is 1. The molecule has 0 amide bonds. The summed E-state index contributed by atoms with van der Waals surface area (Å²) in [6.45, 7) is 7.04. The van der Waals surface area contributed by atoms with Crippen molar-refractivity contribution in [1.29, 1.82) is 0 Å². The van der Waals surface area contributed by atoms with Gasteiger partial charge in [0, 0.05) is 9.75 Å². The molecule has 2 rings (SSSR count). The second-order valence-corrected chi connectivity index (χ2v) is 6.61. The van der Waals surface area contributed by atoms with Crippen LogP contribution in [-0.4, -0.2) is 6.61 Å². The molecule has 0 aliphatic carbocycles. The summed E-state index contributed by atoms with van der Waals surface area (Å²) in [6.07, 6.45) is 0. The molecule has 0 fully saturated rings. The van der Waals surface area contributed by atoms with Crippen LogP contribution in [0.3, 0.4) is 0 Å². The van der Waals surface area contributed by atoms with Crippen molar-refractivity contribution in [3.8, 4) is 5.75 Å². The van der Waals surface area contributed by atoms with E-state index >= 15 is 0 Å². The summed E-state index contributed by atoms with van der Waals surface area (Å²) in [5.41, 5.74) is 2.63. The minimum atomic E-state index is 0.262. The zero-order chi connectivity index (χ0) is 13.1. The van der Waals surface area contributed by atoms with Gasteiger partial charge < -0.3 is 4.74 Å². The third-order valence-electron chi connectivity index (χ3n) is 2.84. The molecule has 1 atom stereocenters. The predicted octanol–water partition coefficient (Wildman–Crippen LogP) is 5.25. The largest absolute Gasteiger partial charge is 0.494 e. The summed E-state index contributed by atoms with van der Waals surface area (Å²) >= 11 is 5.64. The third kappa shape index (κ3) is 2.96. The van der Waals surface area contributed by atoms with E-state index in [2.05, 4.69) is 48.0 Å². The first-order valence-electron chi connectivity index (χ1n) is 6.05. The van der Waals surface area contributed by atoms with E-state index in [4.69, 9.17) is 4.74 Å². The number of benzene rings is 1. The van der Waals surface area contributed by atoms with Crippen molar-refractivity contribution in [3.63, 3.8) is 0 Å². The molecular formula is C15H17BrOS. The zero-order valence-electron chi connectivity index (χ0n) is 10.9. The number of rotatable bonds is 4. The Morgan fingerprint density at radius 1 is 1.22 bits per heavy atom. The maximum absolute atomic E-state index is 5.46. The third-order valence-corrected chi connectivity index (χ3v) is 4.84. The van der Waals surface area contributed by atoms with Gasteiger partial charge in [-0.25, -0.2) is 0 Å². The monoisotopic (exact) mass is 324 g/mol. The summed E-state index contributed by atoms with van der Waals surface area (Å²) < 4.78 is 5.46. The zero-order valence-corrected chi connectivity index (χ0v) is 13.3. The molecule has 1 aromatic heterocycles. The average molecular weight is 325 g/mol. The Balaban J connectivity index is 2.23. The molecule has 1 unspecified atom stereocenters. The lowest BCUT2D eigenvalue weighted by atomic mass is 10.1. The molecule has 0 aliphatic rings. The highest BCUT2D eigenvalue weighted by atomic mass is 79.9. The fourth-order valence-electron chi connectivity index (χ4n) is 1.98. The number of halogens is 1. The van der Waals surface area contributed by atoms with Crippen molar-refractivity contribution in [1.82, 2.24) is 0 Å². The number of hydrogen-bond donors (Lipinski definition) is 0. The second-order valence-electron chi connectivity index (χ2n) is 4.23. The van der Waals surface area contributed by atoms with Crippen molar-refractivity contribution in [3.05, 3.63) is 51.2 Å². The van der Waals surface area contributed by atoms with Crippen LogP contribution in [0.1, 0.15) is 32.6 Å². The van der Waals surface area contributed by atoms with Gasteiger partial charge in [0.2, 0.25) is 0 Å². The van der Waals surface area contributed by atoms with Gasteiger partial charge in [-0.3, -0.25) is 0 Å². The molecule has 1 heterocycles. The number of hydrogen-bond acceptors (Lipinski definition) is 2. The van der Waals surface area contributed by atoms with Crippen LogP contribution >= 0.6 is 27.3 Å². The number of thiophene rings is 1. The quantitative estimate of drug-likeness (QED) is 0.698. The lowest BCUT2D eigenvalue weighted by Gasteiger charge is -2.11. The molecule has 18 heavy (non-hydrogen) atoms. The van der Waals surface area contributed by atoms with E-state index in [0.717, 1.165) is 5.75 Å². The van der Waals surface area contributed by atoms with Crippen molar-refractivity contribution in [2.75, 3.05) is 6.61 Å². The van der Waals surface area contributed by atoms with Crippen LogP contribution in [0.15, 0.2) is 30.3 Å². The molecule has 0 bridgehead atoms. The highest BCUT2D eigenvalue weighted by molar-refractivity contribution is 9.09. The standard InChI is InChI=1S/C15H17BrOS/c1-4-17-13-7-5-12(6-8-13)15(16)14-9-10(2)18-11(14)3/h5-9,15H,4H2,1-3H3. The molecule has 96 valence electrons. The van der Waals surface area contributed by atoms with E-state index < -0.39 is 0 Å². The maximum Gasteiger partial charge on any atom is 0.119 e. The molecular weight excluding hydrogens is 308 g/mol. The minimum absolute atomic E-state index is 0.262. The van der Waals surface area contributed by atoms with Crippen molar-refractivity contribution in [2.45, 2.75) is 25.6 Å². The molecule has 0 saturated heterocycles.